The van der Waals surface area contributed by atoms with E-state index < -0.39 is 0 Å². The van der Waals surface area contributed by atoms with E-state index in [-0.39, 0.29) is 23.7 Å². The number of amides is 2. The Bertz CT molecular complexity index is 627. The van der Waals surface area contributed by atoms with Crippen LogP contribution >= 0.6 is 0 Å². The fourth-order valence-corrected chi connectivity index (χ4v) is 3.01. The number of benzene rings is 1. The van der Waals surface area contributed by atoms with Crippen molar-refractivity contribution in [1.29, 1.82) is 5.41 Å². The number of nitrogen functional groups attached to an aromatic ring is 1. The van der Waals surface area contributed by atoms with E-state index in [0.29, 0.717) is 31.0 Å². The highest BCUT2D eigenvalue weighted by Crippen LogP contribution is 2.21. The summed E-state index contributed by atoms with van der Waals surface area (Å²) in [5, 5.41) is 10.3. The summed E-state index contributed by atoms with van der Waals surface area (Å²) in [5.74, 6) is 0.358. The molecule has 2 rings (SSSR count). The number of likely N-dealkylation sites (tertiary alicyclic amines) is 1. The Balaban J connectivity index is 1.90. The van der Waals surface area contributed by atoms with Gasteiger partial charge in [0.15, 0.2) is 0 Å². The minimum absolute atomic E-state index is 0.0250. The minimum atomic E-state index is -0.354. The van der Waals surface area contributed by atoms with E-state index in [1.54, 1.807) is 17.0 Å². The zero-order valence-electron chi connectivity index (χ0n) is 15.0. The summed E-state index contributed by atoms with van der Waals surface area (Å²) < 4.78 is 0. The molecule has 0 spiro atoms. The van der Waals surface area contributed by atoms with Gasteiger partial charge in [-0.05, 0) is 24.3 Å². The number of hydrogen-bond donors (Lipinski definition) is 3. The predicted octanol–water partition coefficient (Wildman–Crippen LogP) is 2.01. The normalized spacial score (nSPS) is 18.0. The molecule has 0 saturated carbocycles. The maximum Gasteiger partial charge on any atom is 0.243 e. The predicted molar refractivity (Wildman–Crippen MR) is 98.1 cm³/mol. The van der Waals surface area contributed by atoms with Crippen molar-refractivity contribution in [2.75, 3.05) is 6.54 Å². The lowest BCUT2D eigenvalue weighted by Gasteiger charge is -2.25. The lowest BCUT2D eigenvalue weighted by Crippen LogP contribution is -2.46. The number of carbonyl (C=O) groups excluding carboxylic acids is 2. The van der Waals surface area contributed by atoms with Crippen LogP contribution in [0.4, 0.5) is 0 Å². The van der Waals surface area contributed by atoms with Crippen molar-refractivity contribution in [3.8, 4) is 0 Å². The number of nitrogens with two attached hydrogens (primary N) is 1. The Morgan fingerprint density at radius 3 is 2.64 bits per heavy atom. The molecule has 0 aromatic heterocycles. The van der Waals surface area contributed by atoms with E-state index >= 15 is 0 Å². The largest absolute Gasteiger partial charge is 0.384 e. The molecule has 0 bridgehead atoms. The van der Waals surface area contributed by atoms with E-state index in [4.69, 9.17) is 11.1 Å². The quantitative estimate of drug-likeness (QED) is 0.521. The summed E-state index contributed by atoms with van der Waals surface area (Å²) in [4.78, 5) is 26.7. The van der Waals surface area contributed by atoms with Crippen LogP contribution in [-0.4, -0.2) is 35.1 Å². The number of carbonyl (C=O) groups is 2. The molecule has 6 heteroatoms. The van der Waals surface area contributed by atoms with Crippen LogP contribution < -0.4 is 11.1 Å². The average Bonchev–Trinajstić information content (AvgIpc) is 3.09. The van der Waals surface area contributed by atoms with E-state index in [2.05, 4.69) is 19.2 Å². The first-order chi connectivity index (χ1) is 11.9. The van der Waals surface area contributed by atoms with Gasteiger partial charge < -0.3 is 16.0 Å². The highest BCUT2D eigenvalue weighted by molar-refractivity contribution is 5.94. The molecule has 25 heavy (non-hydrogen) atoms. The fourth-order valence-electron chi connectivity index (χ4n) is 3.01. The zero-order valence-corrected chi connectivity index (χ0v) is 15.0. The van der Waals surface area contributed by atoms with Gasteiger partial charge in [-0.1, -0.05) is 44.5 Å². The van der Waals surface area contributed by atoms with Gasteiger partial charge in [-0.3, -0.25) is 15.0 Å². The molecule has 1 heterocycles. The van der Waals surface area contributed by atoms with Crippen LogP contribution in [-0.2, 0) is 16.1 Å². The van der Waals surface area contributed by atoms with Crippen molar-refractivity contribution in [3.63, 3.8) is 0 Å². The van der Waals surface area contributed by atoms with E-state index in [1.807, 2.05) is 12.1 Å². The molecule has 1 saturated heterocycles. The monoisotopic (exact) mass is 344 g/mol. The molecule has 0 aliphatic carbocycles. The number of hydrogen-bond acceptors (Lipinski definition) is 3. The molecule has 1 aromatic carbocycles. The standard InChI is InChI=1S/C19H28N4O2/c1-3-13(2)11-17(24)23-10-4-5-16(23)19(25)22-12-14-6-8-15(9-7-14)18(20)21/h6-9,13,16H,3-5,10-12H2,1-2H3,(H3,20,21)(H,22,25)/t13?,16-/m0/s1. The van der Waals surface area contributed by atoms with Gasteiger partial charge in [0.25, 0.3) is 0 Å². The summed E-state index contributed by atoms with van der Waals surface area (Å²) >= 11 is 0. The van der Waals surface area contributed by atoms with Crippen LogP contribution in [0.5, 0.6) is 0 Å². The second-order valence-corrected chi connectivity index (χ2v) is 6.79. The lowest BCUT2D eigenvalue weighted by molar-refractivity contribution is -0.139. The van der Waals surface area contributed by atoms with Crippen molar-refractivity contribution >= 4 is 17.6 Å². The van der Waals surface area contributed by atoms with Crippen LogP contribution in [0.25, 0.3) is 0 Å². The van der Waals surface area contributed by atoms with Gasteiger partial charge in [0.1, 0.15) is 11.9 Å². The van der Waals surface area contributed by atoms with Crippen molar-refractivity contribution in [3.05, 3.63) is 35.4 Å². The lowest BCUT2D eigenvalue weighted by atomic mass is 10.0. The molecule has 2 amide bonds. The van der Waals surface area contributed by atoms with Crippen LogP contribution in [0.3, 0.4) is 0 Å². The molecular formula is C19H28N4O2. The molecule has 6 nitrogen and oxygen atoms in total. The highest BCUT2D eigenvalue weighted by Gasteiger charge is 2.33. The summed E-state index contributed by atoms with van der Waals surface area (Å²) in [5.41, 5.74) is 7.03. The molecule has 1 aliphatic rings. The molecule has 1 aromatic rings. The molecular weight excluding hydrogens is 316 g/mol. The first-order valence-corrected chi connectivity index (χ1v) is 8.92. The summed E-state index contributed by atoms with van der Waals surface area (Å²) in [6, 6.07) is 6.87. The van der Waals surface area contributed by atoms with Gasteiger partial charge >= 0.3 is 0 Å². The third-order valence-corrected chi connectivity index (χ3v) is 4.83. The Labute approximate surface area is 149 Å². The Kier molecular flexibility index (Phi) is 6.56. The number of rotatable bonds is 7. The van der Waals surface area contributed by atoms with Gasteiger partial charge in [0, 0.05) is 25.1 Å². The SMILES string of the molecule is CCC(C)CC(=O)N1CCC[C@H]1C(=O)NCc1ccc(C(=N)N)cc1. The van der Waals surface area contributed by atoms with E-state index in [0.717, 1.165) is 24.8 Å². The van der Waals surface area contributed by atoms with E-state index in [9.17, 15) is 9.59 Å². The molecule has 0 radical (unpaired) electrons. The Hall–Kier alpha value is -2.37. The van der Waals surface area contributed by atoms with Gasteiger partial charge in [-0.15, -0.1) is 0 Å². The maximum absolute atomic E-state index is 12.5. The van der Waals surface area contributed by atoms with Crippen LogP contribution in [0.1, 0.15) is 50.7 Å². The van der Waals surface area contributed by atoms with Crippen LogP contribution in [0.2, 0.25) is 0 Å². The number of amidine groups is 1. The van der Waals surface area contributed by atoms with Crippen LogP contribution in [0.15, 0.2) is 24.3 Å². The van der Waals surface area contributed by atoms with Gasteiger partial charge in [-0.2, -0.15) is 0 Å². The summed E-state index contributed by atoms with van der Waals surface area (Å²) in [6.45, 7) is 5.21. The second kappa shape index (κ2) is 8.65. The van der Waals surface area contributed by atoms with Gasteiger partial charge in [0.2, 0.25) is 11.8 Å². The topological polar surface area (TPSA) is 99.3 Å². The van der Waals surface area contributed by atoms with Crippen molar-refractivity contribution in [2.45, 2.75) is 52.1 Å². The third-order valence-electron chi connectivity index (χ3n) is 4.83. The zero-order chi connectivity index (χ0) is 18.4. The highest BCUT2D eigenvalue weighted by atomic mass is 16.2. The van der Waals surface area contributed by atoms with Gasteiger partial charge in [-0.25, -0.2) is 0 Å². The Morgan fingerprint density at radius 1 is 1.36 bits per heavy atom. The summed E-state index contributed by atoms with van der Waals surface area (Å²) in [6.07, 6.45) is 3.07. The molecule has 1 unspecified atom stereocenters. The molecule has 1 fully saturated rings. The Morgan fingerprint density at radius 2 is 2.04 bits per heavy atom. The first kappa shape index (κ1) is 19.0. The molecule has 4 N–H and O–H groups in total. The van der Waals surface area contributed by atoms with Gasteiger partial charge in [0.05, 0.1) is 0 Å². The van der Waals surface area contributed by atoms with E-state index in [1.165, 1.54) is 0 Å². The second-order valence-electron chi connectivity index (χ2n) is 6.79. The fraction of sp³-hybridized carbons (Fsp3) is 0.526. The first-order valence-electron chi connectivity index (χ1n) is 8.92. The minimum Gasteiger partial charge on any atom is -0.384 e. The third kappa shape index (κ3) is 5.05. The smallest absolute Gasteiger partial charge is 0.243 e. The number of nitrogens with zero attached hydrogens (tertiary/aromatic N) is 1. The number of nitrogens with one attached hydrogen (secondary N) is 2. The average molecular weight is 344 g/mol. The maximum atomic E-state index is 12.5. The molecule has 2 atom stereocenters. The van der Waals surface area contributed by atoms with Crippen LogP contribution in [0, 0.1) is 11.3 Å². The van der Waals surface area contributed by atoms with Crippen molar-refractivity contribution in [1.82, 2.24) is 10.2 Å². The summed E-state index contributed by atoms with van der Waals surface area (Å²) in [7, 11) is 0. The van der Waals surface area contributed by atoms with Crippen molar-refractivity contribution < 1.29 is 9.59 Å². The molecule has 136 valence electrons. The van der Waals surface area contributed by atoms with Crippen molar-refractivity contribution in [2.24, 2.45) is 11.7 Å². The molecule has 1 aliphatic heterocycles.